The van der Waals surface area contributed by atoms with Crippen molar-refractivity contribution < 1.29 is 9.47 Å². The van der Waals surface area contributed by atoms with Crippen molar-refractivity contribution in [3.05, 3.63) is 91.9 Å². The van der Waals surface area contributed by atoms with Gasteiger partial charge >= 0.3 is 0 Å². The predicted octanol–water partition coefficient (Wildman–Crippen LogP) is 7.80. The van der Waals surface area contributed by atoms with E-state index in [0.717, 1.165) is 21.2 Å². The fraction of sp³-hybridized carbons (Fsp3) is 0.125. The quantitative estimate of drug-likeness (QED) is 0.244. The molecule has 3 rings (SSSR count). The van der Waals surface area contributed by atoms with Crippen LogP contribution in [0.5, 0.6) is 11.5 Å². The number of hydrogen-bond acceptors (Lipinski definition) is 3. The van der Waals surface area contributed by atoms with Gasteiger partial charge < -0.3 is 9.47 Å². The van der Waals surface area contributed by atoms with Gasteiger partial charge in [-0.1, -0.05) is 53.5 Å². The minimum absolute atomic E-state index is 0.307. The molecule has 0 amide bonds. The third kappa shape index (κ3) is 5.58. The summed E-state index contributed by atoms with van der Waals surface area (Å²) in [5, 5.41) is 10.9. The highest BCUT2D eigenvalue weighted by molar-refractivity contribution is 9.10. The molecule has 152 valence electrons. The van der Waals surface area contributed by atoms with Gasteiger partial charge in [-0.3, -0.25) is 0 Å². The molecule has 3 nitrogen and oxygen atoms in total. The van der Waals surface area contributed by atoms with Crippen LogP contribution in [0.2, 0.25) is 10.0 Å². The summed E-state index contributed by atoms with van der Waals surface area (Å²) in [6.07, 6.45) is 1.80. The van der Waals surface area contributed by atoms with Crippen LogP contribution in [0.4, 0.5) is 0 Å². The largest absolute Gasteiger partial charge is 0.490 e. The van der Waals surface area contributed by atoms with Crippen LogP contribution in [0, 0.1) is 11.3 Å². The van der Waals surface area contributed by atoms with Crippen LogP contribution in [0.15, 0.2) is 65.1 Å². The molecule has 0 N–H and O–H groups in total. The Hall–Kier alpha value is -2.45. The second kappa shape index (κ2) is 10.5. The Kier molecular flexibility index (Phi) is 7.81. The normalized spacial score (nSPS) is 11.1. The summed E-state index contributed by atoms with van der Waals surface area (Å²) >= 11 is 15.7. The minimum atomic E-state index is 0.307. The van der Waals surface area contributed by atoms with Gasteiger partial charge in [-0.05, 0) is 70.4 Å². The zero-order chi connectivity index (χ0) is 21.5. The maximum absolute atomic E-state index is 9.61. The SMILES string of the molecule is CCOc1cc(C=C(C#N)c2ccc(Cl)cc2)cc(Br)c1OCc1ccccc1Cl. The maximum Gasteiger partial charge on any atom is 0.175 e. The van der Waals surface area contributed by atoms with Crippen LogP contribution in [0.25, 0.3) is 11.6 Å². The molecule has 0 aromatic heterocycles. The number of rotatable bonds is 7. The van der Waals surface area contributed by atoms with E-state index >= 15 is 0 Å². The van der Waals surface area contributed by atoms with Crippen LogP contribution in [-0.2, 0) is 6.61 Å². The number of nitriles is 1. The third-order valence-electron chi connectivity index (χ3n) is 4.25. The van der Waals surface area contributed by atoms with Gasteiger partial charge in [-0.15, -0.1) is 0 Å². The first-order valence-corrected chi connectivity index (χ1v) is 10.8. The average molecular weight is 503 g/mol. The zero-order valence-corrected chi connectivity index (χ0v) is 19.3. The van der Waals surface area contributed by atoms with Gasteiger partial charge in [0.15, 0.2) is 11.5 Å². The van der Waals surface area contributed by atoms with Crippen LogP contribution in [0.3, 0.4) is 0 Å². The highest BCUT2D eigenvalue weighted by Crippen LogP contribution is 2.38. The Bertz CT molecular complexity index is 1110. The lowest BCUT2D eigenvalue weighted by Gasteiger charge is -2.15. The molecule has 0 fully saturated rings. The summed E-state index contributed by atoms with van der Waals surface area (Å²) in [7, 11) is 0. The van der Waals surface area contributed by atoms with Gasteiger partial charge in [0, 0.05) is 15.6 Å². The van der Waals surface area contributed by atoms with Gasteiger partial charge in [0.2, 0.25) is 0 Å². The molecule has 0 unspecified atom stereocenters. The van der Waals surface area contributed by atoms with Crippen LogP contribution in [-0.4, -0.2) is 6.61 Å². The van der Waals surface area contributed by atoms with Crippen molar-refractivity contribution in [3.63, 3.8) is 0 Å². The first-order valence-electron chi connectivity index (χ1n) is 9.22. The van der Waals surface area contributed by atoms with E-state index in [2.05, 4.69) is 22.0 Å². The van der Waals surface area contributed by atoms with Crippen LogP contribution in [0.1, 0.15) is 23.6 Å². The van der Waals surface area contributed by atoms with E-state index in [9.17, 15) is 5.26 Å². The molecule has 6 heteroatoms. The molecule has 3 aromatic carbocycles. The van der Waals surface area contributed by atoms with Gasteiger partial charge in [-0.2, -0.15) is 5.26 Å². The van der Waals surface area contributed by atoms with Crippen molar-refractivity contribution in [1.29, 1.82) is 5.26 Å². The lowest BCUT2D eigenvalue weighted by Crippen LogP contribution is -2.01. The number of nitrogens with zero attached hydrogens (tertiary/aromatic N) is 1. The summed E-state index contributed by atoms with van der Waals surface area (Å²) in [4.78, 5) is 0. The first kappa shape index (κ1) is 22.2. The average Bonchev–Trinajstić information content (AvgIpc) is 2.73. The molecule has 0 aliphatic rings. The molecule has 0 bridgehead atoms. The van der Waals surface area contributed by atoms with Gasteiger partial charge in [0.1, 0.15) is 6.61 Å². The van der Waals surface area contributed by atoms with Gasteiger partial charge in [0.25, 0.3) is 0 Å². The molecule has 3 aromatic rings. The van der Waals surface area contributed by atoms with Crippen molar-refractivity contribution in [2.45, 2.75) is 13.5 Å². The standard InChI is InChI=1S/C24H18BrCl2NO2/c1-2-29-23-13-16(11-19(14-28)17-7-9-20(26)10-8-17)12-21(25)24(23)30-15-18-5-3-4-6-22(18)27/h3-13H,2,15H2,1H3. The van der Waals surface area contributed by atoms with Crippen LogP contribution < -0.4 is 9.47 Å². The second-order valence-corrected chi connectivity index (χ2v) is 8.02. The van der Waals surface area contributed by atoms with E-state index in [1.54, 1.807) is 18.2 Å². The topological polar surface area (TPSA) is 42.2 Å². The summed E-state index contributed by atoms with van der Waals surface area (Å²) in [5.74, 6) is 1.16. The molecule has 0 saturated carbocycles. The Morgan fingerprint density at radius 3 is 2.47 bits per heavy atom. The molecule has 0 radical (unpaired) electrons. The molecule has 0 aliphatic carbocycles. The third-order valence-corrected chi connectivity index (χ3v) is 5.46. The van der Waals surface area contributed by atoms with Gasteiger partial charge in [0.05, 0.1) is 22.7 Å². The van der Waals surface area contributed by atoms with E-state index < -0.39 is 0 Å². The van der Waals surface area contributed by atoms with Crippen molar-refractivity contribution in [2.24, 2.45) is 0 Å². The van der Waals surface area contributed by atoms with E-state index in [1.807, 2.05) is 55.5 Å². The number of benzene rings is 3. The Labute approximate surface area is 194 Å². The van der Waals surface area contributed by atoms with Gasteiger partial charge in [-0.25, -0.2) is 0 Å². The van der Waals surface area contributed by atoms with Crippen molar-refractivity contribution in [1.82, 2.24) is 0 Å². The fourth-order valence-electron chi connectivity index (χ4n) is 2.82. The fourth-order valence-corrected chi connectivity index (χ4v) is 3.71. The first-order chi connectivity index (χ1) is 14.5. The smallest absolute Gasteiger partial charge is 0.175 e. The monoisotopic (exact) mass is 501 g/mol. The lowest BCUT2D eigenvalue weighted by atomic mass is 10.0. The predicted molar refractivity (Wildman–Crippen MR) is 126 cm³/mol. The molecule has 30 heavy (non-hydrogen) atoms. The van der Waals surface area contributed by atoms with E-state index in [4.69, 9.17) is 32.7 Å². The summed E-state index contributed by atoms with van der Waals surface area (Å²) in [5.41, 5.74) is 3.00. The van der Waals surface area contributed by atoms with E-state index in [1.165, 1.54) is 0 Å². The summed E-state index contributed by atoms with van der Waals surface area (Å²) in [6.45, 7) is 2.69. The highest BCUT2D eigenvalue weighted by atomic mass is 79.9. The number of ether oxygens (including phenoxy) is 2. The minimum Gasteiger partial charge on any atom is -0.490 e. The number of allylic oxidation sites excluding steroid dienone is 1. The molecule has 0 saturated heterocycles. The highest BCUT2D eigenvalue weighted by Gasteiger charge is 2.13. The molecular formula is C24H18BrCl2NO2. The van der Waals surface area contributed by atoms with Crippen LogP contribution >= 0.6 is 39.1 Å². The number of hydrogen-bond donors (Lipinski definition) is 0. The molecule has 0 atom stereocenters. The van der Waals surface area contributed by atoms with Crippen molar-refractivity contribution >= 4 is 50.8 Å². The van der Waals surface area contributed by atoms with E-state index in [0.29, 0.717) is 40.3 Å². The molecule has 0 aliphatic heterocycles. The van der Waals surface area contributed by atoms with E-state index in [-0.39, 0.29) is 0 Å². The van der Waals surface area contributed by atoms with Crippen molar-refractivity contribution in [2.75, 3.05) is 6.61 Å². The number of halogens is 3. The Balaban J connectivity index is 1.93. The maximum atomic E-state index is 9.61. The molecule has 0 spiro atoms. The molecular weight excluding hydrogens is 485 g/mol. The lowest BCUT2D eigenvalue weighted by molar-refractivity contribution is 0.267. The summed E-state index contributed by atoms with van der Waals surface area (Å²) < 4.78 is 12.5. The molecule has 0 heterocycles. The summed E-state index contributed by atoms with van der Waals surface area (Å²) in [6, 6.07) is 20.7. The second-order valence-electron chi connectivity index (χ2n) is 6.32. The zero-order valence-electron chi connectivity index (χ0n) is 16.2. The Morgan fingerprint density at radius 2 is 1.80 bits per heavy atom. The Morgan fingerprint density at radius 1 is 1.07 bits per heavy atom. The van der Waals surface area contributed by atoms with Crippen molar-refractivity contribution in [3.8, 4) is 17.6 Å².